The van der Waals surface area contributed by atoms with Crippen LogP contribution in [0.5, 0.6) is 0 Å². The van der Waals surface area contributed by atoms with Crippen molar-refractivity contribution in [2.24, 2.45) is 0 Å². The van der Waals surface area contributed by atoms with Gasteiger partial charge in [0, 0.05) is 5.56 Å². The maximum absolute atomic E-state index is 10.6. The number of aldehydes is 1. The van der Waals surface area contributed by atoms with Crippen LogP contribution < -0.4 is 0 Å². The van der Waals surface area contributed by atoms with Crippen LogP contribution in [0.2, 0.25) is 0 Å². The Bertz CT molecular complexity index is 537. The van der Waals surface area contributed by atoms with Gasteiger partial charge in [0.05, 0.1) is 0 Å². The molecule has 0 aliphatic rings. The molecule has 112 valence electrons. The third kappa shape index (κ3) is 4.89. The molecule has 0 radical (unpaired) electrons. The number of furan rings is 1. The minimum absolute atomic E-state index is 0.376. The first-order chi connectivity index (χ1) is 10.3. The fourth-order valence-corrected chi connectivity index (χ4v) is 2.52. The molecule has 2 rings (SSSR count). The largest absolute Gasteiger partial charge is 0.453 e. The van der Waals surface area contributed by atoms with E-state index in [9.17, 15) is 4.79 Å². The van der Waals surface area contributed by atoms with Gasteiger partial charge in [-0.3, -0.25) is 4.79 Å². The maximum atomic E-state index is 10.6. The number of unbranched alkanes of at least 4 members (excludes halogenated alkanes) is 5. The summed E-state index contributed by atoms with van der Waals surface area (Å²) in [6, 6.07) is 12.0. The molecule has 2 aromatic rings. The molecule has 0 saturated carbocycles. The normalized spacial score (nSPS) is 10.7. The Morgan fingerprint density at radius 1 is 0.905 bits per heavy atom. The van der Waals surface area contributed by atoms with E-state index in [0.717, 1.165) is 24.0 Å². The van der Waals surface area contributed by atoms with Crippen molar-refractivity contribution in [2.45, 2.75) is 51.9 Å². The third-order valence-corrected chi connectivity index (χ3v) is 3.80. The molecule has 0 bridgehead atoms. The molecule has 0 aliphatic carbocycles. The Balaban J connectivity index is 1.80. The highest BCUT2D eigenvalue weighted by Gasteiger charge is 2.04. The van der Waals surface area contributed by atoms with Crippen LogP contribution in [0, 0.1) is 0 Å². The second-order valence-electron chi connectivity index (χ2n) is 5.53. The highest BCUT2D eigenvalue weighted by Crippen LogP contribution is 2.22. The van der Waals surface area contributed by atoms with E-state index < -0.39 is 0 Å². The average molecular weight is 284 g/mol. The predicted octanol–water partition coefficient (Wildman–Crippen LogP) is 5.66. The van der Waals surface area contributed by atoms with Crippen LogP contribution in [0.4, 0.5) is 0 Å². The lowest BCUT2D eigenvalue weighted by atomic mass is 10.0. The molecule has 2 nitrogen and oxygen atoms in total. The Morgan fingerprint density at radius 2 is 1.62 bits per heavy atom. The first-order valence-corrected chi connectivity index (χ1v) is 7.98. The molecule has 0 saturated heterocycles. The third-order valence-electron chi connectivity index (χ3n) is 3.80. The van der Waals surface area contributed by atoms with Crippen LogP contribution in [0.1, 0.15) is 61.6 Å². The Morgan fingerprint density at radius 3 is 2.29 bits per heavy atom. The van der Waals surface area contributed by atoms with Gasteiger partial charge in [-0.25, -0.2) is 0 Å². The quantitative estimate of drug-likeness (QED) is 0.439. The van der Waals surface area contributed by atoms with Gasteiger partial charge in [0.15, 0.2) is 12.0 Å². The van der Waals surface area contributed by atoms with Gasteiger partial charge in [-0.15, -0.1) is 0 Å². The van der Waals surface area contributed by atoms with Gasteiger partial charge in [-0.05, 0) is 30.5 Å². The summed E-state index contributed by atoms with van der Waals surface area (Å²) in [6.07, 6.45) is 9.85. The van der Waals surface area contributed by atoms with Crippen LogP contribution in [0.25, 0.3) is 11.3 Å². The molecule has 0 unspecified atom stereocenters. The monoisotopic (exact) mass is 284 g/mol. The molecular weight excluding hydrogens is 260 g/mol. The lowest BCUT2D eigenvalue weighted by Gasteiger charge is -2.03. The van der Waals surface area contributed by atoms with E-state index in [1.54, 1.807) is 6.07 Å². The molecule has 0 fully saturated rings. The average Bonchev–Trinajstić information content (AvgIpc) is 3.00. The first-order valence-electron chi connectivity index (χ1n) is 7.98. The molecule has 0 amide bonds. The summed E-state index contributed by atoms with van der Waals surface area (Å²) in [5.74, 6) is 1.13. The summed E-state index contributed by atoms with van der Waals surface area (Å²) < 4.78 is 5.43. The fourth-order valence-electron chi connectivity index (χ4n) is 2.52. The van der Waals surface area contributed by atoms with Gasteiger partial charge in [-0.2, -0.15) is 0 Å². The minimum Gasteiger partial charge on any atom is -0.453 e. The van der Waals surface area contributed by atoms with Crippen molar-refractivity contribution in [1.29, 1.82) is 0 Å². The summed E-state index contributed by atoms with van der Waals surface area (Å²) in [7, 11) is 0. The number of carbonyl (C=O) groups is 1. The smallest absolute Gasteiger partial charge is 0.185 e. The number of hydrogen-bond donors (Lipinski definition) is 0. The van der Waals surface area contributed by atoms with E-state index in [2.05, 4.69) is 31.2 Å². The van der Waals surface area contributed by atoms with Crippen LogP contribution in [-0.4, -0.2) is 6.29 Å². The van der Waals surface area contributed by atoms with Crippen LogP contribution in [-0.2, 0) is 6.42 Å². The Hall–Kier alpha value is -1.83. The molecule has 21 heavy (non-hydrogen) atoms. The van der Waals surface area contributed by atoms with Crippen LogP contribution >= 0.6 is 0 Å². The van der Waals surface area contributed by atoms with Gasteiger partial charge in [-0.1, -0.05) is 63.3 Å². The topological polar surface area (TPSA) is 30.2 Å². The zero-order valence-electron chi connectivity index (χ0n) is 12.8. The fraction of sp³-hybridized carbons (Fsp3) is 0.421. The Labute approximate surface area is 127 Å². The maximum Gasteiger partial charge on any atom is 0.185 e. The van der Waals surface area contributed by atoms with Crippen LogP contribution in [0.15, 0.2) is 40.8 Å². The summed E-state index contributed by atoms with van der Waals surface area (Å²) in [6.45, 7) is 2.25. The zero-order chi connectivity index (χ0) is 14.9. The number of carbonyl (C=O) groups excluding carboxylic acids is 1. The number of rotatable bonds is 9. The minimum atomic E-state index is 0.376. The summed E-state index contributed by atoms with van der Waals surface area (Å²) in [4.78, 5) is 10.6. The van der Waals surface area contributed by atoms with Gasteiger partial charge in [0.25, 0.3) is 0 Å². The standard InChI is InChI=1S/C19H24O2/c1-2-3-4-5-6-7-8-16-9-11-17(12-10-16)19-14-13-18(15-20)21-19/h9-15H,2-8H2,1H3. The van der Waals surface area contributed by atoms with E-state index in [1.165, 1.54) is 44.1 Å². The molecule has 0 spiro atoms. The first kappa shape index (κ1) is 15.6. The number of benzene rings is 1. The van der Waals surface area contributed by atoms with Crippen molar-refractivity contribution in [3.05, 3.63) is 47.7 Å². The molecule has 0 aliphatic heterocycles. The lowest BCUT2D eigenvalue weighted by Crippen LogP contribution is -1.86. The van der Waals surface area contributed by atoms with Crippen molar-refractivity contribution in [1.82, 2.24) is 0 Å². The number of hydrogen-bond acceptors (Lipinski definition) is 2. The van der Waals surface area contributed by atoms with E-state index in [1.807, 2.05) is 6.07 Å². The molecule has 0 N–H and O–H groups in total. The van der Waals surface area contributed by atoms with Crippen molar-refractivity contribution in [3.63, 3.8) is 0 Å². The molecular formula is C19H24O2. The molecule has 0 atom stereocenters. The Kier molecular flexibility index (Phi) is 6.26. The van der Waals surface area contributed by atoms with E-state index in [-0.39, 0.29) is 0 Å². The SMILES string of the molecule is CCCCCCCCc1ccc(-c2ccc(C=O)o2)cc1. The van der Waals surface area contributed by atoms with E-state index >= 15 is 0 Å². The predicted molar refractivity (Wildman–Crippen MR) is 86.6 cm³/mol. The van der Waals surface area contributed by atoms with Crippen molar-refractivity contribution < 1.29 is 9.21 Å². The summed E-state index contributed by atoms with van der Waals surface area (Å²) in [5.41, 5.74) is 2.39. The lowest BCUT2D eigenvalue weighted by molar-refractivity contribution is 0.110. The van der Waals surface area contributed by atoms with E-state index in [4.69, 9.17) is 4.42 Å². The molecule has 2 heteroatoms. The summed E-state index contributed by atoms with van der Waals surface area (Å²) >= 11 is 0. The molecule has 1 aromatic carbocycles. The zero-order valence-corrected chi connectivity index (χ0v) is 12.8. The molecule has 1 heterocycles. The number of aryl methyl sites for hydroxylation is 1. The molecule has 1 aromatic heterocycles. The van der Waals surface area contributed by atoms with E-state index in [0.29, 0.717) is 5.76 Å². The van der Waals surface area contributed by atoms with Crippen molar-refractivity contribution >= 4 is 6.29 Å². The highest BCUT2D eigenvalue weighted by atomic mass is 16.3. The van der Waals surface area contributed by atoms with Crippen LogP contribution in [0.3, 0.4) is 0 Å². The van der Waals surface area contributed by atoms with Crippen molar-refractivity contribution in [2.75, 3.05) is 0 Å². The van der Waals surface area contributed by atoms with Gasteiger partial charge >= 0.3 is 0 Å². The highest BCUT2D eigenvalue weighted by molar-refractivity contribution is 5.72. The van der Waals surface area contributed by atoms with Gasteiger partial charge in [0.2, 0.25) is 0 Å². The second-order valence-corrected chi connectivity index (χ2v) is 5.53. The van der Waals surface area contributed by atoms with Gasteiger partial charge in [0.1, 0.15) is 5.76 Å². The second kappa shape index (κ2) is 8.46. The van der Waals surface area contributed by atoms with Crippen molar-refractivity contribution in [3.8, 4) is 11.3 Å². The van der Waals surface area contributed by atoms with Gasteiger partial charge < -0.3 is 4.42 Å². The summed E-state index contributed by atoms with van der Waals surface area (Å²) in [5, 5.41) is 0.